The van der Waals surface area contributed by atoms with E-state index in [2.05, 4.69) is 39.2 Å². The van der Waals surface area contributed by atoms with Crippen LogP contribution in [0, 0.1) is 0 Å². The number of carbonyl (C=O) groups is 1. The Balaban J connectivity index is 1.25. The monoisotopic (exact) mass is 393 g/mol. The molecule has 4 nitrogen and oxygen atoms in total. The molecular weight excluding hydrogens is 358 g/mol. The maximum atomic E-state index is 12.7. The minimum absolute atomic E-state index is 0.155. The summed E-state index contributed by atoms with van der Waals surface area (Å²) in [4.78, 5) is 15.2. The molecule has 0 bridgehead atoms. The largest absolute Gasteiger partial charge is 0.353 e. The highest BCUT2D eigenvalue weighted by molar-refractivity contribution is 5.89. The molecule has 1 N–H and O–H groups in total. The number of likely N-dealkylation sites (tertiary alicyclic amines) is 1. The Morgan fingerprint density at radius 2 is 1.90 bits per heavy atom. The zero-order valence-corrected chi connectivity index (χ0v) is 17.8. The number of rotatable bonds is 5. The zero-order valence-electron chi connectivity index (χ0n) is 17.8. The van der Waals surface area contributed by atoms with Crippen LogP contribution in [0.2, 0.25) is 0 Å². The topological polar surface area (TPSA) is 37.3 Å². The zero-order chi connectivity index (χ0) is 20.1. The molecule has 0 unspecified atom stereocenters. The molecule has 156 valence electrons. The van der Waals surface area contributed by atoms with Crippen molar-refractivity contribution < 1.29 is 4.79 Å². The lowest BCUT2D eigenvalue weighted by Gasteiger charge is -2.33. The number of benzene rings is 1. The van der Waals surface area contributed by atoms with Crippen molar-refractivity contribution >= 4 is 16.8 Å². The number of nitrogens with one attached hydrogen (secondary N) is 1. The number of aromatic nitrogens is 1. The summed E-state index contributed by atoms with van der Waals surface area (Å²) in [7, 11) is 2.05. The Bertz CT molecular complexity index is 858. The summed E-state index contributed by atoms with van der Waals surface area (Å²) in [6.45, 7) is 3.32. The highest BCUT2D eigenvalue weighted by Crippen LogP contribution is 2.22. The molecule has 2 aromatic rings. The van der Waals surface area contributed by atoms with E-state index in [4.69, 9.17) is 0 Å². The molecule has 29 heavy (non-hydrogen) atoms. The second-order valence-electron chi connectivity index (χ2n) is 8.89. The first-order chi connectivity index (χ1) is 14.2. The number of para-hydroxylation sites is 1. The molecule has 4 rings (SSSR count). The van der Waals surface area contributed by atoms with Crippen molar-refractivity contribution in [2.45, 2.75) is 63.8 Å². The van der Waals surface area contributed by atoms with Gasteiger partial charge in [-0.05, 0) is 50.2 Å². The second-order valence-corrected chi connectivity index (χ2v) is 8.89. The summed E-state index contributed by atoms with van der Waals surface area (Å²) in [6.07, 6.45) is 15.2. The van der Waals surface area contributed by atoms with E-state index in [0.717, 1.165) is 38.0 Å². The SMILES string of the molecule is Cn1cc(CC(=O)NC2CCN(CC3=CCCCCCC3)CC2)c2ccccc21. The van der Waals surface area contributed by atoms with Crippen LogP contribution in [-0.4, -0.2) is 41.1 Å². The summed E-state index contributed by atoms with van der Waals surface area (Å²) >= 11 is 0. The van der Waals surface area contributed by atoms with Crippen molar-refractivity contribution in [3.63, 3.8) is 0 Å². The fourth-order valence-corrected chi connectivity index (χ4v) is 4.94. The minimum Gasteiger partial charge on any atom is -0.353 e. The summed E-state index contributed by atoms with van der Waals surface area (Å²) < 4.78 is 2.11. The van der Waals surface area contributed by atoms with Gasteiger partial charge < -0.3 is 9.88 Å². The predicted octanol–water partition coefficient (Wildman–Crippen LogP) is 4.58. The molecule has 1 fully saturated rings. The molecule has 2 aliphatic rings. The number of hydrogen-bond donors (Lipinski definition) is 1. The van der Waals surface area contributed by atoms with Crippen LogP contribution < -0.4 is 5.32 Å². The molecule has 4 heteroatoms. The standard InChI is InChI=1S/C25H35N3O/c1-27-19-21(23-11-7-8-12-24(23)27)17-25(29)26-22-13-15-28(16-14-22)18-20-9-5-3-2-4-6-10-20/h7-9,11-12,19,22H,2-6,10,13-18H2,1H3,(H,26,29). The van der Waals surface area contributed by atoms with Gasteiger partial charge in [0.2, 0.25) is 5.91 Å². The highest BCUT2D eigenvalue weighted by Gasteiger charge is 2.22. The summed E-state index contributed by atoms with van der Waals surface area (Å²) in [5.41, 5.74) is 3.95. The van der Waals surface area contributed by atoms with Gasteiger partial charge in [0.05, 0.1) is 6.42 Å². The number of allylic oxidation sites excluding steroid dienone is 1. The first-order valence-corrected chi connectivity index (χ1v) is 11.4. The third-order valence-electron chi connectivity index (χ3n) is 6.59. The van der Waals surface area contributed by atoms with E-state index in [1.807, 2.05) is 19.2 Å². The molecule has 1 aliphatic carbocycles. The summed E-state index contributed by atoms with van der Waals surface area (Å²) in [5.74, 6) is 0.155. The molecular formula is C25H35N3O. The highest BCUT2D eigenvalue weighted by atomic mass is 16.1. The fourth-order valence-electron chi connectivity index (χ4n) is 4.94. The molecule has 0 spiro atoms. The summed E-state index contributed by atoms with van der Waals surface area (Å²) in [6, 6.07) is 8.64. The first-order valence-electron chi connectivity index (χ1n) is 11.4. The van der Waals surface area contributed by atoms with E-state index >= 15 is 0 Å². The fraction of sp³-hybridized carbons (Fsp3) is 0.560. The average molecular weight is 394 g/mol. The maximum Gasteiger partial charge on any atom is 0.224 e. The van der Waals surface area contributed by atoms with Gasteiger partial charge in [0.15, 0.2) is 0 Å². The number of amides is 1. The Labute approximate surface area is 175 Å². The van der Waals surface area contributed by atoms with Crippen LogP contribution in [0.1, 0.15) is 56.9 Å². The number of aryl methyl sites for hydroxylation is 1. The van der Waals surface area contributed by atoms with Crippen LogP contribution in [-0.2, 0) is 18.3 Å². The van der Waals surface area contributed by atoms with Gasteiger partial charge in [0.1, 0.15) is 0 Å². The van der Waals surface area contributed by atoms with Crippen LogP contribution in [0.4, 0.5) is 0 Å². The number of carbonyl (C=O) groups excluding carboxylic acids is 1. The number of hydrogen-bond acceptors (Lipinski definition) is 2. The van der Waals surface area contributed by atoms with Crippen LogP contribution in [0.15, 0.2) is 42.1 Å². The summed E-state index contributed by atoms with van der Waals surface area (Å²) in [5, 5.41) is 4.48. The maximum absolute atomic E-state index is 12.7. The Morgan fingerprint density at radius 3 is 2.76 bits per heavy atom. The predicted molar refractivity (Wildman–Crippen MR) is 120 cm³/mol. The van der Waals surface area contributed by atoms with Gasteiger partial charge in [-0.15, -0.1) is 0 Å². The minimum atomic E-state index is 0.155. The number of piperidine rings is 1. The molecule has 1 amide bonds. The van der Waals surface area contributed by atoms with E-state index in [-0.39, 0.29) is 5.91 Å². The molecule has 2 heterocycles. The first kappa shape index (κ1) is 20.2. The van der Waals surface area contributed by atoms with Crippen molar-refractivity contribution in [2.75, 3.05) is 19.6 Å². The normalized spacial score (nSPS) is 19.6. The number of nitrogens with zero attached hydrogens (tertiary/aromatic N) is 2. The van der Waals surface area contributed by atoms with E-state index in [1.54, 1.807) is 5.57 Å². The molecule has 0 saturated carbocycles. The smallest absolute Gasteiger partial charge is 0.224 e. The third-order valence-corrected chi connectivity index (χ3v) is 6.59. The Kier molecular flexibility index (Phi) is 6.70. The lowest BCUT2D eigenvalue weighted by atomic mass is 9.98. The van der Waals surface area contributed by atoms with Crippen LogP contribution >= 0.6 is 0 Å². The van der Waals surface area contributed by atoms with Gasteiger partial charge in [-0.2, -0.15) is 0 Å². The van der Waals surface area contributed by atoms with E-state index in [0.29, 0.717) is 12.5 Å². The van der Waals surface area contributed by atoms with Gasteiger partial charge in [0, 0.05) is 49.8 Å². The van der Waals surface area contributed by atoms with Crippen molar-refractivity contribution in [1.82, 2.24) is 14.8 Å². The van der Waals surface area contributed by atoms with Gasteiger partial charge in [-0.3, -0.25) is 9.69 Å². The third kappa shape index (κ3) is 5.30. The van der Waals surface area contributed by atoms with Crippen molar-refractivity contribution in [1.29, 1.82) is 0 Å². The quantitative estimate of drug-likeness (QED) is 0.755. The van der Waals surface area contributed by atoms with Gasteiger partial charge in [-0.25, -0.2) is 0 Å². The van der Waals surface area contributed by atoms with Crippen molar-refractivity contribution in [2.24, 2.45) is 7.05 Å². The van der Waals surface area contributed by atoms with Crippen LogP contribution in [0.25, 0.3) is 10.9 Å². The second kappa shape index (κ2) is 9.62. The lowest BCUT2D eigenvalue weighted by Crippen LogP contribution is -2.45. The Morgan fingerprint density at radius 1 is 1.10 bits per heavy atom. The van der Waals surface area contributed by atoms with Crippen LogP contribution in [0.3, 0.4) is 0 Å². The van der Waals surface area contributed by atoms with Gasteiger partial charge in [-0.1, -0.05) is 42.7 Å². The Hall–Kier alpha value is -2.07. The molecule has 1 aromatic carbocycles. The molecule has 1 aliphatic heterocycles. The van der Waals surface area contributed by atoms with E-state index in [9.17, 15) is 4.79 Å². The van der Waals surface area contributed by atoms with Crippen molar-refractivity contribution in [3.8, 4) is 0 Å². The van der Waals surface area contributed by atoms with Crippen LogP contribution in [0.5, 0.6) is 0 Å². The van der Waals surface area contributed by atoms with Crippen molar-refractivity contribution in [3.05, 3.63) is 47.7 Å². The van der Waals surface area contributed by atoms with E-state index < -0.39 is 0 Å². The molecule has 1 saturated heterocycles. The molecule has 1 aromatic heterocycles. The average Bonchev–Trinajstić information content (AvgIpc) is 3.01. The lowest BCUT2D eigenvalue weighted by molar-refractivity contribution is -0.121. The molecule has 0 atom stereocenters. The van der Waals surface area contributed by atoms with Gasteiger partial charge >= 0.3 is 0 Å². The number of fused-ring (bicyclic) bond motifs is 1. The van der Waals surface area contributed by atoms with E-state index in [1.165, 1.54) is 49.4 Å². The molecule has 0 radical (unpaired) electrons. The van der Waals surface area contributed by atoms with Gasteiger partial charge in [0.25, 0.3) is 0 Å².